The zero-order valence-electron chi connectivity index (χ0n) is 10.2. The Labute approximate surface area is 110 Å². The van der Waals surface area contributed by atoms with E-state index in [-0.39, 0.29) is 6.04 Å². The number of nitrogens with one attached hydrogen (secondary N) is 1. The van der Waals surface area contributed by atoms with Crippen LogP contribution < -0.4 is 4.90 Å². The number of carbonyl (C=O) groups excluding carboxylic acids is 1. The molecule has 0 amide bonds. The minimum atomic E-state index is 0.249. The molecule has 2 atom stereocenters. The average molecular weight is 258 g/mol. The van der Waals surface area contributed by atoms with Gasteiger partial charge in [-0.15, -0.1) is 11.3 Å². The van der Waals surface area contributed by atoms with Gasteiger partial charge in [-0.2, -0.15) is 0 Å². The van der Waals surface area contributed by atoms with Crippen molar-refractivity contribution in [2.45, 2.75) is 31.8 Å². The van der Waals surface area contributed by atoms with Crippen molar-refractivity contribution in [1.82, 2.24) is 0 Å². The van der Waals surface area contributed by atoms with Gasteiger partial charge >= 0.3 is 0 Å². The molecule has 92 valence electrons. The number of benzene rings is 1. The summed E-state index contributed by atoms with van der Waals surface area (Å²) in [6.07, 6.45) is 3.58. The first-order valence-electron chi connectivity index (χ1n) is 6.74. The van der Waals surface area contributed by atoms with Gasteiger partial charge in [0.15, 0.2) is 6.04 Å². The Bertz CT molecular complexity index is 630. The highest BCUT2D eigenvalue weighted by atomic mass is 32.1. The highest BCUT2D eigenvalue weighted by molar-refractivity contribution is 7.21. The van der Waals surface area contributed by atoms with Gasteiger partial charge < -0.3 is 4.90 Å². The number of quaternary nitrogens is 1. The summed E-state index contributed by atoms with van der Waals surface area (Å²) < 4.78 is 1.27. The molecule has 0 bridgehead atoms. The highest BCUT2D eigenvalue weighted by Gasteiger charge is 2.40. The summed E-state index contributed by atoms with van der Waals surface area (Å²) in [6.45, 7) is 2.22. The maximum Gasteiger partial charge on any atom is 0.230 e. The fourth-order valence-electron chi connectivity index (χ4n) is 3.47. The standard InChI is InChI=1S/C15H15NOS/c17-14-12-6-3-4-8-16(12)9-11-10-5-1-2-7-13(10)18-15(11)14/h1-2,5,7,12H,3-4,6,8-9H2/p+1/t12-/m1/s1. The van der Waals surface area contributed by atoms with Crippen LogP contribution in [0.5, 0.6) is 0 Å². The number of carbonyl (C=O) groups is 1. The highest BCUT2D eigenvalue weighted by Crippen LogP contribution is 2.34. The van der Waals surface area contributed by atoms with Gasteiger partial charge in [-0.05, 0) is 18.9 Å². The summed E-state index contributed by atoms with van der Waals surface area (Å²) in [6, 6.07) is 8.70. The van der Waals surface area contributed by atoms with Crippen molar-refractivity contribution in [1.29, 1.82) is 0 Å². The lowest BCUT2D eigenvalue weighted by molar-refractivity contribution is -0.935. The van der Waals surface area contributed by atoms with Crippen LogP contribution >= 0.6 is 11.3 Å². The van der Waals surface area contributed by atoms with Gasteiger partial charge in [0.05, 0.1) is 11.4 Å². The van der Waals surface area contributed by atoms with Gasteiger partial charge in [-0.25, -0.2) is 0 Å². The molecule has 18 heavy (non-hydrogen) atoms. The molecular weight excluding hydrogens is 242 g/mol. The molecule has 3 heteroatoms. The Kier molecular flexibility index (Phi) is 2.32. The second-order valence-corrected chi connectivity index (χ2v) is 6.46. The van der Waals surface area contributed by atoms with Crippen LogP contribution in [0.15, 0.2) is 24.3 Å². The first-order chi connectivity index (χ1) is 8.84. The summed E-state index contributed by atoms with van der Waals surface area (Å²) in [5, 5.41) is 1.31. The van der Waals surface area contributed by atoms with Crippen LogP contribution in [0, 0.1) is 0 Å². The number of hydrogen-bond acceptors (Lipinski definition) is 2. The molecule has 2 nitrogen and oxygen atoms in total. The zero-order chi connectivity index (χ0) is 12.1. The number of rotatable bonds is 0. The van der Waals surface area contributed by atoms with Crippen LogP contribution in [-0.4, -0.2) is 18.4 Å². The molecule has 2 aliphatic rings. The first-order valence-corrected chi connectivity index (χ1v) is 7.55. The Hall–Kier alpha value is -1.19. The molecule has 0 saturated carbocycles. The molecule has 0 radical (unpaired) electrons. The van der Waals surface area contributed by atoms with Crippen LogP contribution in [0.4, 0.5) is 0 Å². The van der Waals surface area contributed by atoms with Crippen LogP contribution in [0.3, 0.4) is 0 Å². The van der Waals surface area contributed by atoms with Crippen LogP contribution in [0.2, 0.25) is 0 Å². The minimum Gasteiger partial charge on any atom is -0.322 e. The number of ketones is 1. The predicted octanol–water partition coefficient (Wildman–Crippen LogP) is 2.04. The normalized spacial score (nSPS) is 27.0. The van der Waals surface area contributed by atoms with Gasteiger partial charge in [-0.1, -0.05) is 18.2 Å². The molecule has 1 N–H and O–H groups in total. The number of Topliss-reactive ketones (excluding diaryl/α,β-unsaturated/α-hetero) is 1. The minimum absolute atomic E-state index is 0.249. The average Bonchev–Trinajstić information content (AvgIpc) is 2.79. The van der Waals surface area contributed by atoms with Crippen LogP contribution in [0.1, 0.15) is 34.5 Å². The van der Waals surface area contributed by atoms with Gasteiger partial charge in [0.2, 0.25) is 5.78 Å². The maximum atomic E-state index is 12.6. The van der Waals surface area contributed by atoms with Crippen molar-refractivity contribution in [2.24, 2.45) is 0 Å². The number of fused-ring (bicyclic) bond motifs is 4. The first kappa shape index (κ1) is 10.7. The number of piperidine rings is 1. The molecule has 3 heterocycles. The molecule has 2 aromatic rings. The van der Waals surface area contributed by atoms with Gasteiger partial charge in [0.25, 0.3) is 0 Å². The second-order valence-electron chi connectivity index (χ2n) is 5.40. The zero-order valence-corrected chi connectivity index (χ0v) is 11.1. The largest absolute Gasteiger partial charge is 0.322 e. The van der Waals surface area contributed by atoms with Crippen molar-refractivity contribution >= 4 is 27.2 Å². The molecule has 1 fully saturated rings. The van der Waals surface area contributed by atoms with Crippen LogP contribution in [-0.2, 0) is 6.54 Å². The smallest absolute Gasteiger partial charge is 0.230 e. The molecule has 1 aromatic heterocycles. The SMILES string of the molecule is O=C1c2sc3ccccc3c2C[NH+]2CCCC[C@H]12. The molecule has 1 aromatic carbocycles. The van der Waals surface area contributed by atoms with Crippen LogP contribution in [0.25, 0.3) is 10.1 Å². The van der Waals surface area contributed by atoms with Gasteiger partial charge in [0.1, 0.15) is 6.54 Å². The summed E-state index contributed by atoms with van der Waals surface area (Å²) in [4.78, 5) is 15.2. The Balaban J connectivity index is 1.91. The Morgan fingerprint density at radius 1 is 1.22 bits per heavy atom. The van der Waals surface area contributed by atoms with E-state index in [0.717, 1.165) is 17.8 Å². The van der Waals surface area contributed by atoms with Crippen molar-refractivity contribution in [2.75, 3.05) is 6.54 Å². The summed E-state index contributed by atoms with van der Waals surface area (Å²) >= 11 is 1.70. The molecule has 0 spiro atoms. The lowest BCUT2D eigenvalue weighted by Crippen LogP contribution is -3.17. The van der Waals surface area contributed by atoms with E-state index in [2.05, 4.69) is 24.3 Å². The third-order valence-corrected chi connectivity index (χ3v) is 5.60. The molecular formula is C15H16NOS+. The topological polar surface area (TPSA) is 21.5 Å². The third-order valence-electron chi connectivity index (χ3n) is 4.38. The monoisotopic (exact) mass is 258 g/mol. The van der Waals surface area contributed by atoms with E-state index in [4.69, 9.17) is 0 Å². The van der Waals surface area contributed by atoms with E-state index in [9.17, 15) is 4.79 Å². The Morgan fingerprint density at radius 3 is 3.06 bits per heavy atom. The van der Waals surface area contributed by atoms with Crippen molar-refractivity contribution < 1.29 is 9.69 Å². The van der Waals surface area contributed by atoms with Gasteiger partial charge in [-0.3, -0.25) is 4.79 Å². The second kappa shape index (κ2) is 3.90. The number of thiophene rings is 1. The lowest BCUT2D eigenvalue weighted by Gasteiger charge is -2.34. The number of hydrogen-bond donors (Lipinski definition) is 1. The van der Waals surface area contributed by atoms with E-state index in [1.165, 1.54) is 39.9 Å². The predicted molar refractivity (Wildman–Crippen MR) is 73.3 cm³/mol. The van der Waals surface area contributed by atoms with E-state index < -0.39 is 0 Å². The Morgan fingerprint density at radius 2 is 2.11 bits per heavy atom. The molecule has 1 unspecified atom stereocenters. The van der Waals surface area contributed by atoms with Crippen molar-refractivity contribution in [3.05, 3.63) is 34.7 Å². The fraction of sp³-hybridized carbons (Fsp3) is 0.400. The maximum absolute atomic E-state index is 12.6. The van der Waals surface area contributed by atoms with Gasteiger partial charge in [0, 0.05) is 22.1 Å². The third kappa shape index (κ3) is 1.41. The van der Waals surface area contributed by atoms with Crippen molar-refractivity contribution in [3.63, 3.8) is 0 Å². The fourth-order valence-corrected chi connectivity index (χ4v) is 4.68. The summed E-state index contributed by atoms with van der Waals surface area (Å²) in [5.41, 5.74) is 1.31. The summed E-state index contributed by atoms with van der Waals surface area (Å²) in [5.74, 6) is 0.409. The van der Waals surface area contributed by atoms with Crippen molar-refractivity contribution in [3.8, 4) is 0 Å². The lowest BCUT2D eigenvalue weighted by atomic mass is 9.91. The van der Waals surface area contributed by atoms with E-state index in [0.29, 0.717) is 5.78 Å². The van der Waals surface area contributed by atoms with E-state index in [1.54, 1.807) is 11.3 Å². The quantitative estimate of drug-likeness (QED) is 0.767. The molecule has 2 aliphatic heterocycles. The molecule has 1 saturated heterocycles. The van der Waals surface area contributed by atoms with E-state index >= 15 is 0 Å². The molecule has 0 aliphatic carbocycles. The summed E-state index contributed by atoms with van der Waals surface area (Å²) in [7, 11) is 0. The van der Waals surface area contributed by atoms with E-state index in [1.807, 2.05) is 0 Å². The molecule has 4 rings (SSSR count).